The highest BCUT2D eigenvalue weighted by atomic mass is 79.9. The lowest BCUT2D eigenvalue weighted by atomic mass is 10.1. The lowest BCUT2D eigenvalue weighted by molar-refractivity contribution is -0.402. The van der Waals surface area contributed by atoms with Crippen molar-refractivity contribution in [2.75, 3.05) is 5.75 Å². The van der Waals surface area contributed by atoms with E-state index in [9.17, 15) is 14.9 Å². The molecule has 0 fully saturated rings. The number of benzene rings is 1. The number of amides is 1. The van der Waals surface area contributed by atoms with E-state index in [0.717, 1.165) is 16.6 Å². The van der Waals surface area contributed by atoms with E-state index in [1.54, 1.807) is 12.1 Å². The van der Waals surface area contributed by atoms with Crippen molar-refractivity contribution in [1.82, 2.24) is 10.3 Å². The van der Waals surface area contributed by atoms with Crippen molar-refractivity contribution in [3.63, 3.8) is 0 Å². The summed E-state index contributed by atoms with van der Waals surface area (Å²) in [5.41, 5.74) is 0.316. The van der Waals surface area contributed by atoms with Crippen LogP contribution in [0.4, 0.5) is 5.88 Å². The van der Waals surface area contributed by atoms with Crippen LogP contribution in [0.5, 0.6) is 0 Å². The van der Waals surface area contributed by atoms with Crippen molar-refractivity contribution in [3.8, 4) is 0 Å². The Balaban J connectivity index is 1.90. The summed E-state index contributed by atoms with van der Waals surface area (Å²) in [6.45, 7) is 2.03. The van der Waals surface area contributed by atoms with Crippen LogP contribution in [-0.4, -0.2) is 26.8 Å². The third-order valence-corrected chi connectivity index (χ3v) is 5.62. The first-order valence-corrected chi connectivity index (χ1v) is 10.2. The number of nitro groups is 1. The minimum atomic E-state index is -0.819. The quantitative estimate of drug-likeness (QED) is 0.549. The SMILES string of the molecule is CCCSC1=NN2C(=c3cc(Br)ccc3=NC2c2ccc([N+](=O)[O-])o2)C(=O)N1. The minimum absolute atomic E-state index is 0.232. The van der Waals surface area contributed by atoms with Crippen LogP contribution < -0.4 is 15.9 Å². The first kappa shape index (κ1) is 18.7. The number of rotatable bonds is 4. The van der Waals surface area contributed by atoms with Crippen molar-refractivity contribution < 1.29 is 14.1 Å². The average molecular weight is 464 g/mol. The second-order valence-electron chi connectivity index (χ2n) is 6.00. The number of halogens is 1. The second-order valence-corrected chi connectivity index (χ2v) is 8.00. The summed E-state index contributed by atoms with van der Waals surface area (Å²) in [5, 5.41) is 21.5. The van der Waals surface area contributed by atoms with E-state index in [0.29, 0.717) is 21.4 Å². The molecule has 9 nitrogen and oxygen atoms in total. The van der Waals surface area contributed by atoms with Crippen molar-refractivity contribution >= 4 is 50.3 Å². The third kappa shape index (κ3) is 3.31. The molecule has 0 spiro atoms. The fourth-order valence-electron chi connectivity index (χ4n) is 2.88. The maximum Gasteiger partial charge on any atom is 0.433 e. The third-order valence-electron chi connectivity index (χ3n) is 4.06. The number of furan rings is 1. The van der Waals surface area contributed by atoms with Gasteiger partial charge in [-0.15, -0.1) is 5.10 Å². The molecule has 1 N–H and O–H groups in total. The number of nitrogens with zero attached hydrogens (tertiary/aromatic N) is 4. The molecule has 3 heterocycles. The number of nitrogens with one attached hydrogen (secondary N) is 1. The van der Waals surface area contributed by atoms with Gasteiger partial charge in [-0.25, -0.2) is 10.0 Å². The van der Waals surface area contributed by atoms with Crippen LogP contribution >= 0.6 is 27.7 Å². The van der Waals surface area contributed by atoms with E-state index >= 15 is 0 Å². The highest BCUT2D eigenvalue weighted by Gasteiger charge is 2.36. The number of amidine groups is 1. The smallest absolute Gasteiger partial charge is 0.401 e. The van der Waals surface area contributed by atoms with Gasteiger partial charge < -0.3 is 4.42 Å². The number of hydrogen-bond donors (Lipinski definition) is 1. The van der Waals surface area contributed by atoms with Gasteiger partial charge in [0.2, 0.25) is 6.17 Å². The van der Waals surface area contributed by atoms with E-state index in [1.807, 2.05) is 13.0 Å². The number of fused-ring (bicyclic) bond motifs is 2. The number of hydrazone groups is 1. The molecule has 0 radical (unpaired) electrons. The van der Waals surface area contributed by atoms with Crippen molar-refractivity contribution in [2.45, 2.75) is 19.5 Å². The molecule has 2 aliphatic rings. The molecule has 1 aromatic heterocycles. The summed E-state index contributed by atoms with van der Waals surface area (Å²) >= 11 is 4.84. The molecule has 1 atom stereocenters. The first-order valence-electron chi connectivity index (χ1n) is 8.41. The van der Waals surface area contributed by atoms with Crippen LogP contribution in [0.3, 0.4) is 0 Å². The summed E-state index contributed by atoms with van der Waals surface area (Å²) in [6.07, 6.45) is 0.102. The zero-order chi connectivity index (χ0) is 19.8. The molecule has 0 saturated heterocycles. The summed E-state index contributed by atoms with van der Waals surface area (Å²) in [5.74, 6) is 0.322. The summed E-state index contributed by atoms with van der Waals surface area (Å²) in [6, 6.07) is 8.12. The van der Waals surface area contributed by atoms with Crippen molar-refractivity contribution in [2.24, 2.45) is 10.1 Å². The number of thioether (sulfide) groups is 1. The molecular formula is C17H14BrN5O4S. The molecule has 11 heteroatoms. The predicted octanol–water partition coefficient (Wildman–Crippen LogP) is 2.24. The number of carbonyl (C=O) groups excluding carboxylic acids is 1. The second kappa shape index (κ2) is 7.40. The van der Waals surface area contributed by atoms with Gasteiger partial charge in [0.15, 0.2) is 10.9 Å². The normalized spacial score (nSPS) is 18.0. The summed E-state index contributed by atoms with van der Waals surface area (Å²) < 4.78 is 6.15. The van der Waals surface area contributed by atoms with Crippen molar-refractivity contribution in [3.05, 3.63) is 61.3 Å². The summed E-state index contributed by atoms with van der Waals surface area (Å²) in [4.78, 5) is 27.9. The topological polar surface area (TPSA) is 113 Å². The fraction of sp³-hybridized carbons (Fsp3) is 0.235. The molecule has 1 amide bonds. The minimum Gasteiger partial charge on any atom is -0.401 e. The zero-order valence-electron chi connectivity index (χ0n) is 14.6. The Bertz CT molecular complexity index is 1130. The Labute approximate surface area is 171 Å². The molecule has 4 rings (SSSR count). The lowest BCUT2D eigenvalue weighted by Gasteiger charge is -2.32. The Morgan fingerprint density at radius 2 is 2.21 bits per heavy atom. The van der Waals surface area contributed by atoms with Gasteiger partial charge in [0.25, 0.3) is 5.91 Å². The lowest BCUT2D eigenvalue weighted by Crippen LogP contribution is -2.50. The molecule has 0 bridgehead atoms. The molecule has 0 saturated carbocycles. The highest BCUT2D eigenvalue weighted by molar-refractivity contribution is 9.10. The highest BCUT2D eigenvalue weighted by Crippen LogP contribution is 2.33. The van der Waals surface area contributed by atoms with Crippen LogP contribution in [0.2, 0.25) is 0 Å². The maximum atomic E-state index is 12.9. The van der Waals surface area contributed by atoms with Gasteiger partial charge in [0.1, 0.15) is 10.6 Å². The standard InChI is InChI=1S/C17H14BrN5O4S/c1-2-7-28-17-20-16(24)14-10-8-9(18)3-4-11(10)19-15(22(14)21-17)12-5-6-13(27-12)23(25)26/h3-6,8,15H,2,7H2,1H3,(H,20,21,24). The monoisotopic (exact) mass is 463 g/mol. The average Bonchev–Trinajstić information content (AvgIpc) is 3.15. The Morgan fingerprint density at radius 3 is 2.93 bits per heavy atom. The van der Waals surface area contributed by atoms with Crippen LogP contribution in [0.15, 0.2) is 49.3 Å². The van der Waals surface area contributed by atoms with Crippen LogP contribution in [0.25, 0.3) is 5.70 Å². The van der Waals surface area contributed by atoms with E-state index < -0.39 is 11.1 Å². The Hall–Kier alpha value is -2.66. The molecule has 1 aromatic carbocycles. The molecule has 1 unspecified atom stereocenters. The maximum absolute atomic E-state index is 12.9. The van der Waals surface area contributed by atoms with Crippen LogP contribution in [-0.2, 0) is 4.79 Å². The molecule has 144 valence electrons. The van der Waals surface area contributed by atoms with Gasteiger partial charge >= 0.3 is 5.88 Å². The fourth-order valence-corrected chi connectivity index (χ4v) is 3.95. The molecule has 28 heavy (non-hydrogen) atoms. The molecule has 2 aliphatic heterocycles. The van der Waals surface area contributed by atoms with Crippen LogP contribution in [0, 0.1) is 10.1 Å². The van der Waals surface area contributed by atoms with Gasteiger partial charge in [0, 0.05) is 15.4 Å². The Kier molecular flexibility index (Phi) is 4.94. The van der Waals surface area contributed by atoms with E-state index in [1.165, 1.54) is 28.9 Å². The molecular weight excluding hydrogens is 450 g/mol. The van der Waals surface area contributed by atoms with Crippen molar-refractivity contribution in [1.29, 1.82) is 0 Å². The molecule has 0 aliphatic carbocycles. The predicted molar refractivity (Wildman–Crippen MR) is 107 cm³/mol. The van der Waals surface area contributed by atoms with Gasteiger partial charge in [-0.05, 0) is 30.7 Å². The van der Waals surface area contributed by atoms with Gasteiger partial charge in [-0.1, -0.05) is 34.6 Å². The number of hydrogen-bond acceptors (Lipinski definition) is 8. The van der Waals surface area contributed by atoms with E-state index in [-0.39, 0.29) is 17.6 Å². The largest absolute Gasteiger partial charge is 0.433 e. The zero-order valence-corrected chi connectivity index (χ0v) is 17.0. The van der Waals surface area contributed by atoms with Crippen LogP contribution in [0.1, 0.15) is 25.3 Å². The van der Waals surface area contributed by atoms with E-state index in [4.69, 9.17) is 4.42 Å². The van der Waals surface area contributed by atoms with Gasteiger partial charge in [-0.3, -0.25) is 20.2 Å². The molecule has 2 aromatic rings. The van der Waals surface area contributed by atoms with Gasteiger partial charge in [-0.2, -0.15) is 0 Å². The Morgan fingerprint density at radius 1 is 1.39 bits per heavy atom. The number of carbonyl (C=O) groups is 1. The van der Waals surface area contributed by atoms with E-state index in [2.05, 4.69) is 31.3 Å². The summed E-state index contributed by atoms with van der Waals surface area (Å²) in [7, 11) is 0. The first-order chi connectivity index (χ1) is 13.5. The van der Waals surface area contributed by atoms with Gasteiger partial charge in [0.05, 0.1) is 11.4 Å².